The Labute approximate surface area is 131 Å². The highest BCUT2D eigenvalue weighted by Crippen LogP contribution is 2.09. The van der Waals surface area contributed by atoms with Crippen LogP contribution in [-0.2, 0) is 22.7 Å². The lowest BCUT2D eigenvalue weighted by atomic mass is 10.2. The molecule has 1 aromatic carbocycles. The van der Waals surface area contributed by atoms with Gasteiger partial charge in [-0.2, -0.15) is 0 Å². The Kier molecular flexibility index (Phi) is 5.08. The van der Waals surface area contributed by atoms with Gasteiger partial charge in [-0.15, -0.1) is 0 Å². The molecule has 2 rings (SSSR count). The van der Waals surface area contributed by atoms with E-state index < -0.39 is 17.0 Å². The molecule has 0 aliphatic rings. The normalized spacial score (nSPS) is 10.1. The first kappa shape index (κ1) is 16.2. The van der Waals surface area contributed by atoms with E-state index in [0.717, 1.165) is 22.4 Å². The topological polar surface area (TPSA) is 113 Å². The van der Waals surface area contributed by atoms with E-state index in [1.165, 1.54) is 6.92 Å². The van der Waals surface area contributed by atoms with Crippen molar-refractivity contribution in [2.75, 3.05) is 5.32 Å². The molecule has 0 fully saturated rings. The number of aromatic amines is 1. The van der Waals surface area contributed by atoms with Crippen molar-refractivity contribution in [3.05, 3.63) is 62.7 Å². The summed E-state index contributed by atoms with van der Waals surface area (Å²) in [6.07, 6.45) is 0. The molecule has 8 nitrogen and oxygen atoms in total. The highest BCUT2D eigenvalue weighted by atomic mass is 16.2. The summed E-state index contributed by atoms with van der Waals surface area (Å²) in [5.41, 5.74) is 0.590. The van der Waals surface area contributed by atoms with Crippen LogP contribution in [0.25, 0.3) is 0 Å². The van der Waals surface area contributed by atoms with Crippen molar-refractivity contribution < 1.29 is 9.59 Å². The molecule has 2 amide bonds. The lowest BCUT2D eigenvalue weighted by Crippen LogP contribution is -2.35. The van der Waals surface area contributed by atoms with E-state index >= 15 is 0 Å². The number of nitrogens with one attached hydrogen (secondary N) is 3. The molecule has 0 aliphatic carbocycles. The van der Waals surface area contributed by atoms with Crippen molar-refractivity contribution in [3.63, 3.8) is 0 Å². The first-order chi connectivity index (χ1) is 10.9. The van der Waals surface area contributed by atoms with Crippen molar-refractivity contribution in [1.29, 1.82) is 0 Å². The van der Waals surface area contributed by atoms with E-state index in [1.54, 1.807) is 24.3 Å². The van der Waals surface area contributed by atoms with Crippen LogP contribution in [-0.4, -0.2) is 21.6 Å². The summed E-state index contributed by atoms with van der Waals surface area (Å²) < 4.78 is 0.942. The van der Waals surface area contributed by atoms with Gasteiger partial charge in [0, 0.05) is 31.3 Å². The van der Waals surface area contributed by atoms with Gasteiger partial charge in [0.25, 0.3) is 11.1 Å². The molecule has 0 unspecified atom stereocenters. The molecule has 0 atom stereocenters. The van der Waals surface area contributed by atoms with Crippen LogP contribution in [0.3, 0.4) is 0 Å². The highest BCUT2D eigenvalue weighted by molar-refractivity contribution is 5.88. The number of nitrogens with zero attached hydrogens (tertiary/aromatic N) is 1. The quantitative estimate of drug-likeness (QED) is 0.709. The summed E-state index contributed by atoms with van der Waals surface area (Å²) in [6, 6.07) is 9.19. The fourth-order valence-corrected chi connectivity index (χ4v) is 1.89. The molecule has 120 valence electrons. The van der Waals surface area contributed by atoms with Crippen LogP contribution >= 0.6 is 0 Å². The zero-order valence-electron chi connectivity index (χ0n) is 12.5. The molecule has 2 aromatic rings. The van der Waals surface area contributed by atoms with Gasteiger partial charge in [-0.1, -0.05) is 12.1 Å². The lowest BCUT2D eigenvalue weighted by molar-refractivity contribution is -0.122. The first-order valence-electron chi connectivity index (χ1n) is 6.87. The Morgan fingerprint density at radius 3 is 2.43 bits per heavy atom. The predicted octanol–water partition coefficient (Wildman–Crippen LogP) is -0.189. The number of anilines is 1. The Bertz CT molecular complexity index is 820. The lowest BCUT2D eigenvalue weighted by Gasteiger charge is -2.08. The molecule has 0 radical (unpaired) electrons. The van der Waals surface area contributed by atoms with E-state index in [9.17, 15) is 19.2 Å². The fourth-order valence-electron chi connectivity index (χ4n) is 1.89. The SMILES string of the molecule is CC(=O)Nc1ccc(CNC(=O)Cn2[nH]c(=O)ccc2=O)cc1. The molecular formula is C15H16N4O4. The fraction of sp³-hybridized carbons (Fsp3) is 0.200. The molecule has 0 bridgehead atoms. The summed E-state index contributed by atoms with van der Waals surface area (Å²) in [4.78, 5) is 45.3. The molecule has 0 aliphatic heterocycles. The van der Waals surface area contributed by atoms with Gasteiger partial charge in [0.2, 0.25) is 11.8 Å². The van der Waals surface area contributed by atoms with Gasteiger partial charge >= 0.3 is 0 Å². The summed E-state index contributed by atoms with van der Waals surface area (Å²) in [7, 11) is 0. The van der Waals surface area contributed by atoms with Crippen molar-refractivity contribution in [1.82, 2.24) is 15.1 Å². The molecule has 23 heavy (non-hydrogen) atoms. The molecule has 3 N–H and O–H groups in total. The number of aromatic nitrogens is 2. The number of carbonyl (C=O) groups excluding carboxylic acids is 2. The van der Waals surface area contributed by atoms with Crippen molar-refractivity contribution in [2.45, 2.75) is 20.0 Å². The van der Waals surface area contributed by atoms with Crippen LogP contribution in [0.15, 0.2) is 46.0 Å². The summed E-state index contributed by atoms with van der Waals surface area (Å²) >= 11 is 0. The monoisotopic (exact) mass is 316 g/mol. The summed E-state index contributed by atoms with van der Waals surface area (Å²) in [5.74, 6) is -0.562. The average molecular weight is 316 g/mol. The van der Waals surface area contributed by atoms with Gasteiger partial charge in [-0.3, -0.25) is 24.3 Å². The molecule has 0 saturated heterocycles. The van der Waals surface area contributed by atoms with Gasteiger partial charge in [0.1, 0.15) is 6.54 Å². The molecule has 1 aromatic heterocycles. The van der Waals surface area contributed by atoms with Gasteiger partial charge in [0.15, 0.2) is 0 Å². The zero-order valence-corrected chi connectivity index (χ0v) is 12.5. The maximum Gasteiger partial charge on any atom is 0.265 e. The number of amides is 2. The van der Waals surface area contributed by atoms with Crippen LogP contribution < -0.4 is 21.8 Å². The van der Waals surface area contributed by atoms with Gasteiger partial charge in [0.05, 0.1) is 0 Å². The number of carbonyl (C=O) groups is 2. The smallest absolute Gasteiger partial charge is 0.265 e. The van der Waals surface area contributed by atoms with Gasteiger partial charge in [-0.25, -0.2) is 4.68 Å². The maximum atomic E-state index is 11.8. The minimum absolute atomic E-state index is 0.159. The van der Waals surface area contributed by atoms with Gasteiger partial charge < -0.3 is 10.6 Å². The second-order valence-electron chi connectivity index (χ2n) is 4.89. The van der Waals surface area contributed by atoms with Crippen LogP contribution in [0.4, 0.5) is 5.69 Å². The van der Waals surface area contributed by atoms with Crippen LogP contribution in [0.5, 0.6) is 0 Å². The molecule has 0 saturated carbocycles. The van der Waals surface area contributed by atoms with Crippen LogP contribution in [0, 0.1) is 0 Å². The van der Waals surface area contributed by atoms with E-state index in [4.69, 9.17) is 0 Å². The number of H-pyrrole nitrogens is 1. The minimum atomic E-state index is -0.459. The molecular weight excluding hydrogens is 300 g/mol. The Morgan fingerprint density at radius 2 is 1.78 bits per heavy atom. The molecule has 8 heteroatoms. The predicted molar refractivity (Wildman–Crippen MR) is 83.9 cm³/mol. The largest absolute Gasteiger partial charge is 0.350 e. The van der Waals surface area contributed by atoms with Crippen molar-refractivity contribution in [2.24, 2.45) is 0 Å². The van der Waals surface area contributed by atoms with E-state index in [-0.39, 0.29) is 19.0 Å². The number of hydrogen-bond acceptors (Lipinski definition) is 4. The number of hydrogen-bond donors (Lipinski definition) is 3. The minimum Gasteiger partial charge on any atom is -0.350 e. The van der Waals surface area contributed by atoms with Gasteiger partial charge in [-0.05, 0) is 17.7 Å². The van der Waals surface area contributed by atoms with Crippen LogP contribution in [0.2, 0.25) is 0 Å². The molecule has 0 spiro atoms. The summed E-state index contributed by atoms with van der Waals surface area (Å²) in [5, 5.41) is 7.57. The highest BCUT2D eigenvalue weighted by Gasteiger charge is 2.05. The number of rotatable bonds is 5. The Morgan fingerprint density at radius 1 is 1.09 bits per heavy atom. The average Bonchev–Trinajstić information content (AvgIpc) is 2.50. The maximum absolute atomic E-state index is 11.8. The first-order valence-corrected chi connectivity index (χ1v) is 6.87. The van der Waals surface area contributed by atoms with E-state index in [1.807, 2.05) is 0 Å². The second-order valence-corrected chi connectivity index (χ2v) is 4.89. The van der Waals surface area contributed by atoms with Crippen molar-refractivity contribution >= 4 is 17.5 Å². The molecule has 1 heterocycles. The second kappa shape index (κ2) is 7.21. The standard InChI is InChI=1S/C15H16N4O4/c1-10(20)17-12-4-2-11(3-5-12)8-16-14(22)9-19-15(23)7-6-13(21)18-19/h2-7H,8-9H2,1H3,(H,16,22)(H,17,20)(H,18,21). The van der Waals surface area contributed by atoms with Crippen molar-refractivity contribution in [3.8, 4) is 0 Å². The van der Waals surface area contributed by atoms with E-state index in [0.29, 0.717) is 5.69 Å². The third-order valence-electron chi connectivity index (χ3n) is 2.95. The Balaban J connectivity index is 1.91. The third-order valence-corrected chi connectivity index (χ3v) is 2.95. The number of benzene rings is 1. The van der Waals surface area contributed by atoms with E-state index in [2.05, 4.69) is 15.7 Å². The third kappa shape index (κ3) is 4.95. The summed E-state index contributed by atoms with van der Waals surface area (Å²) in [6.45, 7) is 1.42. The zero-order chi connectivity index (χ0) is 16.8. The van der Waals surface area contributed by atoms with Crippen LogP contribution in [0.1, 0.15) is 12.5 Å². The Hall–Kier alpha value is -3.16.